The SMILES string of the molecule is C=CC(=O)N(C)c1cc(Nc2ncc(C)cn2)ccc1F. The Hall–Kier alpha value is -2.76. The van der Waals surface area contributed by atoms with Crippen molar-refractivity contribution in [1.82, 2.24) is 9.97 Å². The quantitative estimate of drug-likeness (QED) is 0.878. The fourth-order valence-electron chi connectivity index (χ4n) is 1.69. The number of hydrogen-bond acceptors (Lipinski definition) is 4. The number of aromatic nitrogens is 2. The molecule has 21 heavy (non-hydrogen) atoms. The molecular formula is C15H15FN4O. The zero-order valence-electron chi connectivity index (χ0n) is 11.8. The lowest BCUT2D eigenvalue weighted by atomic mass is 10.2. The third-order valence-corrected chi connectivity index (χ3v) is 2.85. The minimum atomic E-state index is -0.497. The summed E-state index contributed by atoms with van der Waals surface area (Å²) in [6.07, 6.45) is 4.48. The zero-order chi connectivity index (χ0) is 15.4. The first-order valence-electron chi connectivity index (χ1n) is 6.26. The second-order valence-electron chi connectivity index (χ2n) is 4.48. The number of nitrogens with zero attached hydrogens (tertiary/aromatic N) is 3. The first-order chi connectivity index (χ1) is 10.0. The predicted molar refractivity (Wildman–Crippen MR) is 80.1 cm³/mol. The molecule has 1 heterocycles. The van der Waals surface area contributed by atoms with E-state index in [1.807, 2.05) is 6.92 Å². The van der Waals surface area contributed by atoms with Crippen molar-refractivity contribution in [1.29, 1.82) is 0 Å². The van der Waals surface area contributed by atoms with Crippen LogP contribution < -0.4 is 10.2 Å². The number of carbonyl (C=O) groups is 1. The second kappa shape index (κ2) is 6.13. The van der Waals surface area contributed by atoms with E-state index in [1.165, 1.54) is 24.1 Å². The minimum Gasteiger partial charge on any atom is -0.324 e. The molecule has 1 amide bonds. The molecule has 0 saturated heterocycles. The van der Waals surface area contributed by atoms with E-state index in [0.29, 0.717) is 11.6 Å². The average Bonchev–Trinajstić information content (AvgIpc) is 2.50. The molecule has 0 bridgehead atoms. The number of nitrogens with one attached hydrogen (secondary N) is 1. The van der Waals surface area contributed by atoms with E-state index in [4.69, 9.17) is 0 Å². The lowest BCUT2D eigenvalue weighted by Crippen LogP contribution is -2.24. The number of hydrogen-bond donors (Lipinski definition) is 1. The Balaban J connectivity index is 2.28. The van der Waals surface area contributed by atoms with E-state index in [1.54, 1.807) is 18.5 Å². The molecule has 0 spiro atoms. The van der Waals surface area contributed by atoms with Crippen LogP contribution in [0, 0.1) is 12.7 Å². The highest BCUT2D eigenvalue weighted by atomic mass is 19.1. The van der Waals surface area contributed by atoms with E-state index in [9.17, 15) is 9.18 Å². The lowest BCUT2D eigenvalue weighted by Gasteiger charge is -2.17. The number of likely N-dealkylation sites (N-methyl/N-ethyl adjacent to an activating group) is 1. The van der Waals surface area contributed by atoms with Gasteiger partial charge in [0.1, 0.15) is 5.82 Å². The smallest absolute Gasteiger partial charge is 0.250 e. The molecule has 6 heteroatoms. The van der Waals surface area contributed by atoms with Gasteiger partial charge < -0.3 is 10.2 Å². The van der Waals surface area contributed by atoms with Gasteiger partial charge in [0.15, 0.2) is 0 Å². The van der Waals surface area contributed by atoms with Gasteiger partial charge in [-0.1, -0.05) is 6.58 Å². The molecule has 0 aliphatic rings. The van der Waals surface area contributed by atoms with Gasteiger partial charge in [-0.3, -0.25) is 4.79 Å². The molecule has 0 radical (unpaired) electrons. The van der Waals surface area contributed by atoms with Crippen LogP contribution in [0.5, 0.6) is 0 Å². The summed E-state index contributed by atoms with van der Waals surface area (Å²) >= 11 is 0. The molecule has 1 aromatic heterocycles. The van der Waals surface area contributed by atoms with Gasteiger partial charge in [-0.05, 0) is 36.8 Å². The van der Waals surface area contributed by atoms with Crippen molar-refractivity contribution in [3.8, 4) is 0 Å². The van der Waals surface area contributed by atoms with Crippen LogP contribution in [0.25, 0.3) is 0 Å². The fraction of sp³-hybridized carbons (Fsp3) is 0.133. The highest BCUT2D eigenvalue weighted by molar-refractivity contribution is 6.01. The van der Waals surface area contributed by atoms with Crippen molar-refractivity contribution >= 4 is 23.2 Å². The summed E-state index contributed by atoms with van der Waals surface area (Å²) in [5.41, 5.74) is 1.67. The fourth-order valence-corrected chi connectivity index (χ4v) is 1.69. The van der Waals surface area contributed by atoms with E-state index in [0.717, 1.165) is 11.6 Å². The summed E-state index contributed by atoms with van der Waals surface area (Å²) in [6.45, 7) is 5.27. The van der Waals surface area contributed by atoms with Crippen LogP contribution in [-0.2, 0) is 4.79 Å². The maximum Gasteiger partial charge on any atom is 0.250 e. The molecule has 0 aliphatic carbocycles. The molecule has 1 aromatic carbocycles. The number of halogens is 1. The Morgan fingerprint density at radius 3 is 2.67 bits per heavy atom. The summed E-state index contributed by atoms with van der Waals surface area (Å²) in [5, 5.41) is 2.96. The monoisotopic (exact) mass is 286 g/mol. The van der Waals surface area contributed by atoms with Crippen molar-refractivity contribution in [2.75, 3.05) is 17.3 Å². The highest BCUT2D eigenvalue weighted by Crippen LogP contribution is 2.24. The van der Waals surface area contributed by atoms with Crippen molar-refractivity contribution in [3.05, 3.63) is 54.6 Å². The Morgan fingerprint density at radius 2 is 2.05 bits per heavy atom. The van der Waals surface area contributed by atoms with Crippen molar-refractivity contribution < 1.29 is 9.18 Å². The first-order valence-corrected chi connectivity index (χ1v) is 6.26. The van der Waals surface area contributed by atoms with Crippen molar-refractivity contribution in [2.24, 2.45) is 0 Å². The number of benzene rings is 1. The van der Waals surface area contributed by atoms with Crippen LogP contribution in [0.15, 0.2) is 43.2 Å². The minimum absolute atomic E-state index is 0.150. The summed E-state index contributed by atoms with van der Waals surface area (Å²) in [7, 11) is 1.48. The highest BCUT2D eigenvalue weighted by Gasteiger charge is 2.13. The molecule has 0 aliphatic heterocycles. The van der Waals surface area contributed by atoms with Gasteiger partial charge in [-0.15, -0.1) is 0 Å². The van der Waals surface area contributed by atoms with Gasteiger partial charge >= 0.3 is 0 Å². The van der Waals surface area contributed by atoms with Crippen molar-refractivity contribution in [2.45, 2.75) is 6.92 Å². The molecule has 0 atom stereocenters. The zero-order valence-corrected chi connectivity index (χ0v) is 11.8. The number of carbonyl (C=O) groups excluding carboxylic acids is 1. The first kappa shape index (κ1) is 14.6. The molecule has 2 aromatic rings. The van der Waals surface area contributed by atoms with Crippen LogP contribution in [0.2, 0.25) is 0 Å². The second-order valence-corrected chi connectivity index (χ2v) is 4.48. The summed E-state index contributed by atoms with van der Waals surface area (Å²) in [4.78, 5) is 21.0. The standard InChI is InChI=1S/C15H15FN4O/c1-4-14(21)20(3)13-7-11(5-6-12(13)16)19-15-17-8-10(2)9-18-15/h4-9H,1H2,2-3H3,(H,17,18,19). The largest absolute Gasteiger partial charge is 0.324 e. The third kappa shape index (κ3) is 3.42. The normalized spacial score (nSPS) is 10.0. The predicted octanol–water partition coefficient (Wildman–Crippen LogP) is 2.82. The van der Waals surface area contributed by atoms with Crippen LogP contribution in [0.1, 0.15) is 5.56 Å². The molecule has 0 saturated carbocycles. The topological polar surface area (TPSA) is 58.1 Å². The Bertz CT molecular complexity index is 670. The van der Waals surface area contributed by atoms with Gasteiger partial charge in [0.2, 0.25) is 11.9 Å². The molecule has 5 nitrogen and oxygen atoms in total. The van der Waals surface area contributed by atoms with Gasteiger partial charge in [-0.2, -0.15) is 0 Å². The molecular weight excluding hydrogens is 271 g/mol. The maximum absolute atomic E-state index is 13.8. The third-order valence-electron chi connectivity index (χ3n) is 2.85. The van der Waals surface area contributed by atoms with Crippen LogP contribution in [0.3, 0.4) is 0 Å². The van der Waals surface area contributed by atoms with Gasteiger partial charge in [0.25, 0.3) is 0 Å². The summed E-state index contributed by atoms with van der Waals surface area (Å²) < 4.78 is 13.8. The Morgan fingerprint density at radius 1 is 1.38 bits per heavy atom. The number of amides is 1. The van der Waals surface area contributed by atoms with E-state index < -0.39 is 11.7 Å². The van der Waals surface area contributed by atoms with Gasteiger partial charge in [0.05, 0.1) is 5.69 Å². The van der Waals surface area contributed by atoms with Crippen molar-refractivity contribution in [3.63, 3.8) is 0 Å². The van der Waals surface area contributed by atoms with E-state index >= 15 is 0 Å². The van der Waals surface area contributed by atoms with Crippen LogP contribution in [0.4, 0.5) is 21.7 Å². The lowest BCUT2D eigenvalue weighted by molar-refractivity contribution is -0.113. The molecule has 1 N–H and O–H groups in total. The number of anilines is 3. The number of aryl methyl sites for hydroxylation is 1. The van der Waals surface area contributed by atoms with Gasteiger partial charge in [-0.25, -0.2) is 14.4 Å². The summed E-state index contributed by atoms with van der Waals surface area (Å²) in [6, 6.07) is 4.34. The molecule has 2 rings (SSSR count). The average molecular weight is 286 g/mol. The Labute approximate surface area is 122 Å². The summed E-state index contributed by atoms with van der Waals surface area (Å²) in [5.74, 6) is -0.489. The number of rotatable bonds is 4. The molecule has 108 valence electrons. The van der Waals surface area contributed by atoms with Crippen LogP contribution >= 0.6 is 0 Å². The van der Waals surface area contributed by atoms with Crippen LogP contribution in [-0.4, -0.2) is 22.9 Å². The Kier molecular flexibility index (Phi) is 4.27. The maximum atomic E-state index is 13.8. The van der Waals surface area contributed by atoms with Gasteiger partial charge in [0, 0.05) is 25.1 Å². The molecule has 0 unspecified atom stereocenters. The van der Waals surface area contributed by atoms with E-state index in [2.05, 4.69) is 21.9 Å². The van der Waals surface area contributed by atoms with E-state index in [-0.39, 0.29) is 5.69 Å². The molecule has 0 fully saturated rings.